The molecule has 6 nitrogen and oxygen atoms in total. The van der Waals surface area contributed by atoms with E-state index < -0.39 is 0 Å². The third kappa shape index (κ3) is 963. The molecule has 112 valence electrons. The maximum Gasteiger partial charge on any atom is 0.0662 e. The predicted octanol–water partition coefficient (Wildman–Crippen LogP) is -0.646. The van der Waals surface area contributed by atoms with E-state index in [0.29, 0.717) is 6.61 Å². The lowest BCUT2D eigenvalue weighted by Gasteiger charge is -1.80. The Hall–Kier alpha value is -0.240. The van der Waals surface area contributed by atoms with Crippen molar-refractivity contribution >= 4 is 0 Å². The van der Waals surface area contributed by atoms with Gasteiger partial charge in [-0.15, -0.1) is 0 Å². The highest BCUT2D eigenvalue weighted by molar-refractivity contribution is 4.20. The van der Waals surface area contributed by atoms with Crippen molar-refractivity contribution < 1.29 is 30.6 Å². The molecule has 0 spiro atoms. The molecule has 0 aromatic carbocycles. The Morgan fingerprint density at radius 3 is 0.882 bits per heavy atom. The summed E-state index contributed by atoms with van der Waals surface area (Å²) in [5.41, 5.74) is 0. The van der Waals surface area contributed by atoms with Crippen molar-refractivity contribution in [3.8, 4) is 0 Å². The van der Waals surface area contributed by atoms with Gasteiger partial charge in [0.05, 0.1) is 13.2 Å². The molecule has 6 N–H and O–H groups in total. The van der Waals surface area contributed by atoms with Crippen molar-refractivity contribution in [3.63, 3.8) is 0 Å². The van der Waals surface area contributed by atoms with Gasteiger partial charge in [-0.25, -0.2) is 0 Å². The lowest BCUT2D eigenvalue weighted by Crippen LogP contribution is -1.85. The van der Waals surface area contributed by atoms with E-state index in [0.717, 1.165) is 13.5 Å². The second-order valence-electron chi connectivity index (χ2n) is 2.58. The Kier molecular flexibility index (Phi) is 101. The van der Waals surface area contributed by atoms with Gasteiger partial charge >= 0.3 is 0 Å². The molecule has 0 fully saturated rings. The summed E-state index contributed by atoms with van der Waals surface area (Å²) in [5.74, 6) is 0. The summed E-state index contributed by atoms with van der Waals surface area (Å²) in [6.07, 6.45) is 0.708. The van der Waals surface area contributed by atoms with Gasteiger partial charge in [0.1, 0.15) is 0 Å². The molecular formula is C11H32O6. The molecule has 0 amide bonds. The summed E-state index contributed by atoms with van der Waals surface area (Å²) >= 11 is 0. The smallest absolute Gasteiger partial charge is 0.0662 e. The molecule has 0 bridgehead atoms. The van der Waals surface area contributed by atoms with Gasteiger partial charge in [0.2, 0.25) is 0 Å². The van der Waals surface area contributed by atoms with Crippen molar-refractivity contribution in [3.05, 3.63) is 0 Å². The molecule has 6 heteroatoms. The van der Waals surface area contributed by atoms with Crippen LogP contribution in [0.15, 0.2) is 0 Å². The lowest BCUT2D eigenvalue weighted by molar-refractivity contribution is 0.186. The van der Waals surface area contributed by atoms with Crippen LogP contribution < -0.4 is 0 Å². The quantitative estimate of drug-likeness (QED) is 0.392. The van der Waals surface area contributed by atoms with Crippen LogP contribution in [0.1, 0.15) is 34.1 Å². The first kappa shape index (κ1) is 30.1. The molecule has 0 aliphatic heterocycles. The van der Waals surface area contributed by atoms with Gasteiger partial charge in [0, 0.05) is 26.4 Å². The second-order valence-corrected chi connectivity index (χ2v) is 2.58. The zero-order valence-electron chi connectivity index (χ0n) is 11.8. The van der Waals surface area contributed by atoms with Gasteiger partial charge < -0.3 is 30.6 Å². The van der Waals surface area contributed by atoms with E-state index in [1.807, 2.05) is 6.92 Å². The molecule has 0 saturated heterocycles. The third-order valence-corrected chi connectivity index (χ3v) is 0.324. The van der Waals surface area contributed by atoms with E-state index in [4.69, 9.17) is 30.6 Å². The van der Waals surface area contributed by atoms with Crippen LogP contribution in [0.5, 0.6) is 0 Å². The van der Waals surface area contributed by atoms with Gasteiger partial charge in [0.25, 0.3) is 0 Å². The standard InChI is InChI=1S/2C3H8O.C2H6O2.C2H6O.CH4O/c1-3(2)4;1-2-3-4;3-1-2-4;1-2-3;1-2/h3-4H,1-2H3;4H,2-3H2,1H3;3-4H,1-2H2;3H,2H2,1H3;2H,1H3. The number of aliphatic hydroxyl groups is 6. The SMILES string of the molecule is CC(C)O.CCCO.CCO.CO.OCCO. The fourth-order valence-corrected chi connectivity index (χ4v) is 0. The maximum atomic E-state index is 8.06. The van der Waals surface area contributed by atoms with Crippen molar-refractivity contribution in [2.45, 2.75) is 40.2 Å². The molecule has 0 unspecified atom stereocenters. The summed E-state index contributed by atoms with van der Waals surface area (Å²) in [5, 5.41) is 45.8. The molecule has 0 atom stereocenters. The Morgan fingerprint density at radius 1 is 0.765 bits per heavy atom. The first-order valence-electron chi connectivity index (χ1n) is 5.54. The molecule has 0 aliphatic carbocycles. The largest absolute Gasteiger partial charge is 0.400 e. The minimum atomic E-state index is -0.167. The highest BCUT2D eigenvalue weighted by Gasteiger charge is 1.69. The number of aliphatic hydroxyl groups excluding tert-OH is 6. The highest BCUT2D eigenvalue weighted by Crippen LogP contribution is 1.65. The first-order valence-corrected chi connectivity index (χ1v) is 5.54. The molecule has 17 heavy (non-hydrogen) atoms. The number of rotatable bonds is 2. The van der Waals surface area contributed by atoms with Crippen LogP contribution in [0.3, 0.4) is 0 Å². The summed E-state index contributed by atoms with van der Waals surface area (Å²) in [6, 6.07) is 0. The molecule has 0 aromatic rings. The van der Waals surface area contributed by atoms with E-state index in [-0.39, 0.29) is 25.9 Å². The Labute approximate surface area is 105 Å². The average molecular weight is 260 g/mol. The van der Waals surface area contributed by atoms with Crippen molar-refractivity contribution in [1.29, 1.82) is 0 Å². The van der Waals surface area contributed by atoms with Crippen LogP contribution in [0.4, 0.5) is 0 Å². The molecule has 0 aliphatic rings. The van der Waals surface area contributed by atoms with Crippen molar-refractivity contribution in [1.82, 2.24) is 0 Å². The van der Waals surface area contributed by atoms with Gasteiger partial charge in [-0.05, 0) is 27.2 Å². The summed E-state index contributed by atoms with van der Waals surface area (Å²) in [4.78, 5) is 0. The van der Waals surface area contributed by atoms with E-state index in [9.17, 15) is 0 Å². The molecule has 0 aromatic heterocycles. The molecule has 0 rings (SSSR count). The van der Waals surface area contributed by atoms with Crippen LogP contribution in [-0.2, 0) is 0 Å². The summed E-state index contributed by atoms with van der Waals surface area (Å²) in [7, 11) is 1.00. The summed E-state index contributed by atoms with van der Waals surface area (Å²) < 4.78 is 0. The minimum Gasteiger partial charge on any atom is -0.400 e. The predicted molar refractivity (Wildman–Crippen MR) is 69.8 cm³/mol. The van der Waals surface area contributed by atoms with Crippen molar-refractivity contribution in [2.24, 2.45) is 0 Å². The zero-order valence-corrected chi connectivity index (χ0v) is 11.8. The normalized spacial score (nSPS) is 7.06. The van der Waals surface area contributed by atoms with Gasteiger partial charge in [-0.1, -0.05) is 6.92 Å². The fraction of sp³-hybridized carbons (Fsp3) is 1.00. The molecule has 0 saturated carbocycles. The van der Waals surface area contributed by atoms with Gasteiger partial charge in [-0.3, -0.25) is 0 Å². The zero-order chi connectivity index (χ0) is 15.1. The third-order valence-electron chi connectivity index (χ3n) is 0.324. The van der Waals surface area contributed by atoms with Crippen LogP contribution in [0.25, 0.3) is 0 Å². The number of hydrogen-bond donors (Lipinski definition) is 6. The maximum absolute atomic E-state index is 8.06. The van der Waals surface area contributed by atoms with Crippen molar-refractivity contribution in [2.75, 3.05) is 33.5 Å². The van der Waals surface area contributed by atoms with Crippen LogP contribution in [-0.4, -0.2) is 70.3 Å². The van der Waals surface area contributed by atoms with E-state index in [1.54, 1.807) is 20.8 Å². The van der Waals surface area contributed by atoms with Crippen LogP contribution in [0.2, 0.25) is 0 Å². The van der Waals surface area contributed by atoms with Crippen LogP contribution >= 0.6 is 0 Å². The van der Waals surface area contributed by atoms with E-state index >= 15 is 0 Å². The van der Waals surface area contributed by atoms with E-state index in [2.05, 4.69) is 0 Å². The molecule has 0 heterocycles. The molecular weight excluding hydrogens is 228 g/mol. The Balaban J connectivity index is -0.0000000361. The van der Waals surface area contributed by atoms with Gasteiger partial charge in [-0.2, -0.15) is 0 Å². The topological polar surface area (TPSA) is 121 Å². The Bertz CT molecular complexity index is 51.2. The highest BCUT2D eigenvalue weighted by atomic mass is 16.3. The fourth-order valence-electron chi connectivity index (χ4n) is 0. The monoisotopic (exact) mass is 260 g/mol. The lowest BCUT2D eigenvalue weighted by atomic mass is 10.5. The van der Waals surface area contributed by atoms with E-state index in [1.165, 1.54) is 0 Å². The minimum absolute atomic E-state index is 0.125. The second kappa shape index (κ2) is 57.0. The Morgan fingerprint density at radius 2 is 0.882 bits per heavy atom. The number of hydrogen-bond acceptors (Lipinski definition) is 6. The first-order chi connectivity index (χ1) is 7.97. The average Bonchev–Trinajstić information content (AvgIpc) is 2.32. The van der Waals surface area contributed by atoms with Crippen LogP contribution in [0, 0.1) is 0 Å². The van der Waals surface area contributed by atoms with Gasteiger partial charge in [0.15, 0.2) is 0 Å². The summed E-state index contributed by atoms with van der Waals surface area (Å²) in [6.45, 7) is 7.38. The molecule has 0 radical (unpaired) electrons.